The number of nitrogens with zero attached hydrogens (tertiary/aromatic N) is 7. The molecule has 0 spiro atoms. The minimum atomic E-state index is -0.424. The third-order valence-electron chi connectivity index (χ3n) is 4.87. The molecule has 2 aromatic heterocycles. The van der Waals surface area contributed by atoms with Crippen LogP contribution in [-0.2, 0) is 11.4 Å². The predicted octanol–water partition coefficient (Wildman–Crippen LogP) is 1.56. The Labute approximate surface area is 168 Å². The molecule has 0 radical (unpaired) electrons. The molecule has 9 heteroatoms. The van der Waals surface area contributed by atoms with Crippen LogP contribution in [0.4, 0.5) is 5.95 Å². The van der Waals surface area contributed by atoms with E-state index in [9.17, 15) is 4.79 Å². The third kappa shape index (κ3) is 4.50. The third-order valence-corrected chi connectivity index (χ3v) is 4.87. The first kappa shape index (κ1) is 18.9. The van der Waals surface area contributed by atoms with Crippen LogP contribution in [0, 0.1) is 0 Å². The zero-order chi connectivity index (χ0) is 20.1. The van der Waals surface area contributed by atoms with Crippen molar-refractivity contribution in [2.75, 3.05) is 31.1 Å². The van der Waals surface area contributed by atoms with Crippen molar-refractivity contribution in [2.45, 2.75) is 19.6 Å². The van der Waals surface area contributed by atoms with Gasteiger partial charge < -0.3 is 14.5 Å². The van der Waals surface area contributed by atoms with E-state index < -0.39 is 6.04 Å². The van der Waals surface area contributed by atoms with Crippen LogP contribution in [0.15, 0.2) is 55.0 Å². The van der Waals surface area contributed by atoms with Gasteiger partial charge in [-0.15, -0.1) is 5.10 Å². The SMILES string of the molecule is C[C@H](C(=O)N1CCN(c2ncccn2)CC1)n1cc(COc2ccccc2)nn1. The number of carbonyl (C=O) groups is 1. The van der Waals surface area contributed by atoms with E-state index >= 15 is 0 Å². The molecular formula is C20H23N7O2. The van der Waals surface area contributed by atoms with Crippen LogP contribution in [0.5, 0.6) is 5.75 Å². The zero-order valence-corrected chi connectivity index (χ0v) is 16.3. The molecule has 0 aliphatic carbocycles. The number of rotatable bonds is 6. The summed E-state index contributed by atoms with van der Waals surface area (Å²) in [4.78, 5) is 25.4. The summed E-state index contributed by atoms with van der Waals surface area (Å²) in [7, 11) is 0. The highest BCUT2D eigenvalue weighted by molar-refractivity contribution is 5.80. The van der Waals surface area contributed by atoms with Crippen molar-refractivity contribution in [3.63, 3.8) is 0 Å². The van der Waals surface area contributed by atoms with E-state index in [1.165, 1.54) is 0 Å². The van der Waals surface area contributed by atoms with Gasteiger partial charge in [-0.1, -0.05) is 23.4 Å². The number of hydrogen-bond acceptors (Lipinski definition) is 7. The summed E-state index contributed by atoms with van der Waals surface area (Å²) in [6.45, 7) is 4.80. The highest BCUT2D eigenvalue weighted by Crippen LogP contribution is 2.15. The van der Waals surface area contributed by atoms with Crippen molar-refractivity contribution in [2.24, 2.45) is 0 Å². The number of amides is 1. The first-order valence-corrected chi connectivity index (χ1v) is 9.60. The second-order valence-electron chi connectivity index (χ2n) is 6.83. The fourth-order valence-corrected chi connectivity index (χ4v) is 3.20. The second kappa shape index (κ2) is 8.68. The molecule has 3 heterocycles. The lowest BCUT2D eigenvalue weighted by Crippen LogP contribution is -2.50. The molecule has 9 nitrogen and oxygen atoms in total. The Bertz CT molecular complexity index is 924. The molecule has 1 saturated heterocycles. The summed E-state index contributed by atoms with van der Waals surface area (Å²) in [5, 5.41) is 8.24. The Balaban J connectivity index is 1.31. The van der Waals surface area contributed by atoms with E-state index in [4.69, 9.17) is 4.74 Å². The van der Waals surface area contributed by atoms with Crippen LogP contribution < -0.4 is 9.64 Å². The lowest BCUT2D eigenvalue weighted by atomic mass is 10.2. The molecule has 3 aromatic rings. The quantitative estimate of drug-likeness (QED) is 0.628. The predicted molar refractivity (Wildman–Crippen MR) is 106 cm³/mol. The standard InChI is InChI=1S/C20H23N7O2/c1-16(27-14-17(23-24-27)15-29-18-6-3-2-4-7-18)19(28)25-10-12-26(13-11-25)20-21-8-5-9-22-20/h2-9,14,16H,10-13,15H2,1H3/t16-/m1/s1. The van der Waals surface area contributed by atoms with Crippen molar-refractivity contribution in [1.82, 2.24) is 29.9 Å². The van der Waals surface area contributed by atoms with Gasteiger partial charge >= 0.3 is 0 Å². The molecule has 0 saturated carbocycles. The van der Waals surface area contributed by atoms with Crippen LogP contribution >= 0.6 is 0 Å². The number of anilines is 1. The van der Waals surface area contributed by atoms with E-state index in [1.54, 1.807) is 29.3 Å². The van der Waals surface area contributed by atoms with E-state index in [0.717, 1.165) is 5.75 Å². The van der Waals surface area contributed by atoms with Gasteiger partial charge in [0.1, 0.15) is 24.1 Å². The minimum Gasteiger partial charge on any atom is -0.487 e. The lowest BCUT2D eigenvalue weighted by Gasteiger charge is -2.35. The van der Waals surface area contributed by atoms with Crippen LogP contribution in [0.1, 0.15) is 18.7 Å². The van der Waals surface area contributed by atoms with Crippen molar-refractivity contribution in [3.05, 3.63) is 60.7 Å². The van der Waals surface area contributed by atoms with Crippen molar-refractivity contribution in [3.8, 4) is 5.75 Å². The largest absolute Gasteiger partial charge is 0.487 e. The Hall–Kier alpha value is -3.49. The maximum Gasteiger partial charge on any atom is 0.247 e. The van der Waals surface area contributed by atoms with Crippen molar-refractivity contribution < 1.29 is 9.53 Å². The number of benzene rings is 1. The van der Waals surface area contributed by atoms with Crippen molar-refractivity contribution in [1.29, 1.82) is 0 Å². The van der Waals surface area contributed by atoms with Crippen LogP contribution in [0.25, 0.3) is 0 Å². The van der Waals surface area contributed by atoms with Crippen LogP contribution in [0.3, 0.4) is 0 Å². The normalized spacial score (nSPS) is 15.2. The van der Waals surface area contributed by atoms with Gasteiger partial charge in [-0.2, -0.15) is 0 Å². The Morgan fingerprint density at radius 1 is 1.07 bits per heavy atom. The van der Waals surface area contributed by atoms with Gasteiger partial charge in [0.2, 0.25) is 11.9 Å². The number of hydrogen-bond donors (Lipinski definition) is 0. The van der Waals surface area contributed by atoms with Gasteiger partial charge in [-0.3, -0.25) is 4.79 Å². The lowest BCUT2D eigenvalue weighted by molar-refractivity contribution is -0.134. The summed E-state index contributed by atoms with van der Waals surface area (Å²) >= 11 is 0. The second-order valence-corrected chi connectivity index (χ2v) is 6.83. The number of carbonyl (C=O) groups excluding carboxylic acids is 1. The topological polar surface area (TPSA) is 89.3 Å². The van der Waals surface area contributed by atoms with Gasteiger partial charge in [0.15, 0.2) is 0 Å². The van der Waals surface area contributed by atoms with Gasteiger partial charge in [0.05, 0.1) is 6.20 Å². The zero-order valence-electron chi connectivity index (χ0n) is 16.3. The van der Waals surface area contributed by atoms with Gasteiger partial charge in [-0.25, -0.2) is 14.6 Å². The summed E-state index contributed by atoms with van der Waals surface area (Å²) in [6, 6.07) is 10.9. The summed E-state index contributed by atoms with van der Waals surface area (Å²) in [5.41, 5.74) is 0.680. The molecule has 0 unspecified atom stereocenters. The van der Waals surface area contributed by atoms with Gasteiger partial charge in [0.25, 0.3) is 0 Å². The fraction of sp³-hybridized carbons (Fsp3) is 0.350. The number of ether oxygens (including phenoxy) is 1. The number of aromatic nitrogens is 5. The van der Waals surface area contributed by atoms with E-state index in [-0.39, 0.29) is 5.91 Å². The van der Waals surface area contributed by atoms with Gasteiger partial charge in [-0.05, 0) is 25.1 Å². The van der Waals surface area contributed by atoms with Gasteiger partial charge in [0, 0.05) is 38.6 Å². The molecule has 29 heavy (non-hydrogen) atoms. The summed E-state index contributed by atoms with van der Waals surface area (Å²) < 4.78 is 7.28. The molecule has 1 atom stereocenters. The van der Waals surface area contributed by atoms with Crippen LogP contribution in [-0.4, -0.2) is 61.9 Å². The van der Waals surface area contributed by atoms with Crippen LogP contribution in [0.2, 0.25) is 0 Å². The number of para-hydroxylation sites is 1. The molecule has 150 valence electrons. The molecule has 0 N–H and O–H groups in total. The molecule has 4 rings (SSSR count). The average molecular weight is 393 g/mol. The van der Waals surface area contributed by atoms with E-state index in [2.05, 4.69) is 25.2 Å². The molecule has 1 amide bonds. The Morgan fingerprint density at radius 3 is 2.52 bits per heavy atom. The molecular weight excluding hydrogens is 370 g/mol. The molecule has 0 bridgehead atoms. The van der Waals surface area contributed by atoms with E-state index in [0.29, 0.717) is 44.4 Å². The Morgan fingerprint density at radius 2 is 1.79 bits per heavy atom. The molecule has 1 aromatic carbocycles. The highest BCUT2D eigenvalue weighted by atomic mass is 16.5. The highest BCUT2D eigenvalue weighted by Gasteiger charge is 2.27. The first-order valence-electron chi connectivity index (χ1n) is 9.60. The molecule has 1 aliphatic rings. The fourth-order valence-electron chi connectivity index (χ4n) is 3.20. The Kier molecular flexibility index (Phi) is 5.64. The molecule has 1 fully saturated rings. The van der Waals surface area contributed by atoms with E-state index in [1.807, 2.05) is 42.2 Å². The summed E-state index contributed by atoms with van der Waals surface area (Å²) in [5.74, 6) is 1.50. The first-order chi connectivity index (χ1) is 14.2. The molecule has 1 aliphatic heterocycles. The maximum absolute atomic E-state index is 12.9. The summed E-state index contributed by atoms with van der Waals surface area (Å²) in [6.07, 6.45) is 5.22. The van der Waals surface area contributed by atoms with Crippen molar-refractivity contribution >= 4 is 11.9 Å². The average Bonchev–Trinajstić information content (AvgIpc) is 3.27. The monoisotopic (exact) mass is 393 g/mol. The maximum atomic E-state index is 12.9. The minimum absolute atomic E-state index is 0.0269. The smallest absolute Gasteiger partial charge is 0.247 e. The number of piperazine rings is 1.